The van der Waals surface area contributed by atoms with Crippen LogP contribution in [-0.4, -0.2) is 15.9 Å². The van der Waals surface area contributed by atoms with Gasteiger partial charge in [0.15, 0.2) is 0 Å². The van der Waals surface area contributed by atoms with E-state index >= 15 is 0 Å². The monoisotopic (exact) mass is 284 g/mol. The summed E-state index contributed by atoms with van der Waals surface area (Å²) in [5.41, 5.74) is 2.21. The van der Waals surface area contributed by atoms with Crippen LogP contribution in [0, 0.1) is 0 Å². The molecule has 1 aromatic carbocycles. The molecule has 2 aromatic rings. The van der Waals surface area contributed by atoms with E-state index in [9.17, 15) is 4.79 Å². The van der Waals surface area contributed by atoms with Crippen LogP contribution in [-0.2, 0) is 11.2 Å². The third-order valence-corrected chi connectivity index (χ3v) is 4.16. The van der Waals surface area contributed by atoms with Crippen molar-refractivity contribution in [2.75, 3.05) is 0 Å². The highest BCUT2D eigenvalue weighted by atomic mass is 16.5. The molecule has 1 aliphatic rings. The van der Waals surface area contributed by atoms with Crippen molar-refractivity contribution in [1.82, 2.24) is 10.1 Å². The molecule has 0 saturated heterocycles. The quantitative estimate of drug-likeness (QED) is 0.802. The lowest BCUT2D eigenvalue weighted by Gasteiger charge is -2.06. The first-order valence-electron chi connectivity index (χ1n) is 7.73. The van der Waals surface area contributed by atoms with E-state index in [1.54, 1.807) is 0 Å². The Hall–Kier alpha value is -1.97. The number of nitrogens with zero attached hydrogens (tertiary/aromatic N) is 2. The second kappa shape index (κ2) is 6.20. The summed E-state index contributed by atoms with van der Waals surface area (Å²) in [6, 6.07) is 8.15. The van der Waals surface area contributed by atoms with Gasteiger partial charge in [-0.1, -0.05) is 49.2 Å². The molecule has 0 spiro atoms. The van der Waals surface area contributed by atoms with Crippen molar-refractivity contribution in [2.24, 2.45) is 0 Å². The molecule has 0 bridgehead atoms. The number of rotatable bonds is 3. The van der Waals surface area contributed by atoms with E-state index in [0.29, 0.717) is 18.1 Å². The number of hydrogen-bond acceptors (Lipinski definition) is 4. The van der Waals surface area contributed by atoms with Gasteiger partial charge in [-0.2, -0.15) is 4.98 Å². The van der Waals surface area contributed by atoms with Crippen LogP contribution in [0.3, 0.4) is 0 Å². The molecule has 4 nitrogen and oxygen atoms in total. The molecule has 1 heterocycles. The molecule has 3 rings (SSSR count). The van der Waals surface area contributed by atoms with Gasteiger partial charge in [-0.3, -0.25) is 4.79 Å². The minimum atomic E-state index is -0.205. The third-order valence-electron chi connectivity index (χ3n) is 4.16. The highest BCUT2D eigenvalue weighted by Crippen LogP contribution is 2.29. The van der Waals surface area contributed by atoms with Gasteiger partial charge in [0.25, 0.3) is 0 Å². The molecule has 1 fully saturated rings. The fraction of sp³-hybridized carbons (Fsp3) is 0.471. The average Bonchev–Trinajstić information content (AvgIpc) is 2.90. The third kappa shape index (κ3) is 3.04. The average molecular weight is 284 g/mol. The Morgan fingerprint density at radius 1 is 1.19 bits per heavy atom. The van der Waals surface area contributed by atoms with Crippen LogP contribution in [0.25, 0.3) is 11.4 Å². The maximum Gasteiger partial charge on any atom is 0.237 e. The van der Waals surface area contributed by atoms with Crippen molar-refractivity contribution in [3.63, 3.8) is 0 Å². The minimum Gasteiger partial charge on any atom is -0.338 e. The van der Waals surface area contributed by atoms with E-state index in [1.807, 2.05) is 12.1 Å². The van der Waals surface area contributed by atoms with E-state index < -0.39 is 0 Å². The first-order valence-corrected chi connectivity index (χ1v) is 7.73. The molecule has 0 radical (unpaired) electrons. The molecule has 110 valence electrons. The van der Waals surface area contributed by atoms with Crippen LogP contribution in [0.5, 0.6) is 0 Å². The summed E-state index contributed by atoms with van der Waals surface area (Å²) in [6.07, 6.45) is 5.62. The van der Waals surface area contributed by atoms with Crippen molar-refractivity contribution >= 4 is 5.78 Å². The number of aromatic nitrogens is 2. The molecule has 1 unspecified atom stereocenters. The number of Topliss-reactive ketones (excluding diaryl/α,β-unsaturated/α-hetero) is 1. The Balaban J connectivity index is 1.83. The highest BCUT2D eigenvalue weighted by Gasteiger charge is 2.27. The number of carbonyl (C=O) groups excluding carboxylic acids is 1. The van der Waals surface area contributed by atoms with Crippen molar-refractivity contribution in [1.29, 1.82) is 0 Å². The van der Waals surface area contributed by atoms with Gasteiger partial charge in [0.05, 0.1) is 5.92 Å². The summed E-state index contributed by atoms with van der Waals surface area (Å²) < 4.78 is 5.36. The van der Waals surface area contributed by atoms with Gasteiger partial charge in [0, 0.05) is 12.0 Å². The van der Waals surface area contributed by atoms with Gasteiger partial charge < -0.3 is 4.52 Å². The van der Waals surface area contributed by atoms with Gasteiger partial charge in [-0.05, 0) is 24.8 Å². The van der Waals surface area contributed by atoms with Crippen LogP contribution in [0.2, 0.25) is 0 Å². The zero-order valence-electron chi connectivity index (χ0n) is 12.3. The zero-order chi connectivity index (χ0) is 14.7. The van der Waals surface area contributed by atoms with E-state index in [1.165, 1.54) is 5.56 Å². The Labute approximate surface area is 124 Å². The van der Waals surface area contributed by atoms with Crippen LogP contribution in [0.1, 0.15) is 56.4 Å². The van der Waals surface area contributed by atoms with Gasteiger partial charge in [-0.25, -0.2) is 0 Å². The van der Waals surface area contributed by atoms with Crippen LogP contribution >= 0.6 is 0 Å². The standard InChI is InChI=1S/C17H20N2O2/c1-2-12-8-10-13(11-9-12)16-18-17(21-19-16)14-6-4-3-5-7-15(14)20/h8-11,14H,2-7H2,1H3. The molecule has 0 amide bonds. The lowest BCUT2D eigenvalue weighted by molar-refractivity contribution is -0.120. The fourth-order valence-electron chi connectivity index (χ4n) is 2.80. The summed E-state index contributed by atoms with van der Waals surface area (Å²) >= 11 is 0. The molecule has 0 N–H and O–H groups in total. The number of aryl methyl sites for hydroxylation is 1. The number of ketones is 1. The van der Waals surface area contributed by atoms with Gasteiger partial charge in [0.2, 0.25) is 11.7 Å². The van der Waals surface area contributed by atoms with Crippen LogP contribution in [0.4, 0.5) is 0 Å². The van der Waals surface area contributed by atoms with Gasteiger partial charge in [-0.15, -0.1) is 0 Å². The first kappa shape index (κ1) is 14.0. The van der Waals surface area contributed by atoms with E-state index in [0.717, 1.165) is 37.7 Å². The number of carbonyl (C=O) groups is 1. The Bertz CT molecular complexity index is 616. The number of hydrogen-bond donors (Lipinski definition) is 0. The van der Waals surface area contributed by atoms with Crippen molar-refractivity contribution in [3.8, 4) is 11.4 Å². The molecule has 1 atom stereocenters. The Kier molecular flexibility index (Phi) is 4.13. The fourth-order valence-corrected chi connectivity index (χ4v) is 2.80. The molecule has 1 aliphatic carbocycles. The Morgan fingerprint density at radius 2 is 2.00 bits per heavy atom. The summed E-state index contributed by atoms with van der Waals surface area (Å²) in [7, 11) is 0. The molecule has 1 aromatic heterocycles. The van der Waals surface area contributed by atoms with Crippen molar-refractivity contribution in [3.05, 3.63) is 35.7 Å². The molecule has 4 heteroatoms. The van der Waals surface area contributed by atoms with Crippen LogP contribution in [0.15, 0.2) is 28.8 Å². The minimum absolute atomic E-state index is 0.205. The molecule has 1 saturated carbocycles. The highest BCUT2D eigenvalue weighted by molar-refractivity contribution is 5.85. The Morgan fingerprint density at radius 3 is 2.76 bits per heavy atom. The van der Waals surface area contributed by atoms with Gasteiger partial charge in [0.1, 0.15) is 5.78 Å². The maximum atomic E-state index is 12.1. The zero-order valence-corrected chi connectivity index (χ0v) is 12.3. The smallest absolute Gasteiger partial charge is 0.237 e. The first-order chi connectivity index (χ1) is 10.3. The lowest BCUT2D eigenvalue weighted by atomic mass is 9.99. The predicted molar refractivity (Wildman–Crippen MR) is 79.9 cm³/mol. The van der Waals surface area contributed by atoms with Gasteiger partial charge >= 0.3 is 0 Å². The normalized spacial score (nSPS) is 19.5. The summed E-state index contributed by atoms with van der Waals surface area (Å²) in [5, 5.41) is 4.04. The summed E-state index contributed by atoms with van der Waals surface area (Å²) in [6.45, 7) is 2.12. The lowest BCUT2D eigenvalue weighted by Crippen LogP contribution is -2.10. The van der Waals surface area contributed by atoms with E-state index in [2.05, 4.69) is 29.2 Å². The van der Waals surface area contributed by atoms with Crippen molar-refractivity contribution < 1.29 is 9.32 Å². The molecule has 21 heavy (non-hydrogen) atoms. The van der Waals surface area contributed by atoms with E-state index in [4.69, 9.17) is 4.52 Å². The van der Waals surface area contributed by atoms with Crippen molar-refractivity contribution in [2.45, 2.75) is 51.4 Å². The largest absolute Gasteiger partial charge is 0.338 e. The topological polar surface area (TPSA) is 56.0 Å². The molecular formula is C17H20N2O2. The summed E-state index contributed by atoms with van der Waals surface area (Å²) in [4.78, 5) is 16.6. The number of benzene rings is 1. The SMILES string of the molecule is CCc1ccc(-c2noc(C3CCCCCC3=O)n2)cc1. The van der Waals surface area contributed by atoms with Crippen LogP contribution < -0.4 is 0 Å². The summed E-state index contributed by atoms with van der Waals surface area (Å²) in [5.74, 6) is 1.09. The second-order valence-corrected chi connectivity index (χ2v) is 5.62. The molecular weight excluding hydrogens is 264 g/mol. The predicted octanol–water partition coefficient (Wildman–Crippen LogP) is 3.92. The van der Waals surface area contributed by atoms with E-state index in [-0.39, 0.29) is 11.7 Å². The second-order valence-electron chi connectivity index (χ2n) is 5.62. The maximum absolute atomic E-state index is 12.1. The molecule has 0 aliphatic heterocycles.